The maximum Gasteiger partial charge on any atom is 0.246 e. The maximum atomic E-state index is 13.1. The standard InChI is InChI=1S/C22H32N6O5/c1-22(2,3)23-19(29)13-27(12-16-7-6-10-33-16)20(30)14-28-25-21(24-26-28)15-8-9-17(31-4)18(11-15)32-5/h8-9,11,16H,6-7,10,12-14H2,1-5H3,(H,23,29)/t16-/m0/s1. The van der Waals surface area contributed by atoms with Crippen molar-refractivity contribution in [1.29, 1.82) is 0 Å². The molecule has 1 aliphatic rings. The topological polar surface area (TPSA) is 121 Å². The van der Waals surface area contributed by atoms with Gasteiger partial charge < -0.3 is 24.4 Å². The van der Waals surface area contributed by atoms with E-state index in [1.165, 1.54) is 9.70 Å². The highest BCUT2D eigenvalue weighted by Crippen LogP contribution is 2.30. The van der Waals surface area contributed by atoms with E-state index in [1.54, 1.807) is 32.4 Å². The van der Waals surface area contributed by atoms with Crippen LogP contribution < -0.4 is 14.8 Å². The molecule has 11 nitrogen and oxygen atoms in total. The van der Waals surface area contributed by atoms with Crippen LogP contribution in [0.25, 0.3) is 11.4 Å². The molecule has 1 aliphatic heterocycles. The van der Waals surface area contributed by atoms with E-state index in [9.17, 15) is 9.59 Å². The number of hydrogen-bond acceptors (Lipinski definition) is 8. The minimum atomic E-state index is -0.391. The first-order chi connectivity index (χ1) is 15.7. The van der Waals surface area contributed by atoms with E-state index in [-0.39, 0.29) is 31.0 Å². The van der Waals surface area contributed by atoms with Crippen molar-refractivity contribution in [3.63, 3.8) is 0 Å². The number of nitrogens with one attached hydrogen (secondary N) is 1. The number of nitrogens with zero attached hydrogens (tertiary/aromatic N) is 5. The second-order valence-corrected chi connectivity index (χ2v) is 8.92. The van der Waals surface area contributed by atoms with Crippen molar-refractivity contribution in [3.05, 3.63) is 18.2 Å². The van der Waals surface area contributed by atoms with E-state index in [4.69, 9.17) is 14.2 Å². The average Bonchev–Trinajstić information content (AvgIpc) is 3.43. The van der Waals surface area contributed by atoms with E-state index in [0.717, 1.165) is 12.8 Å². The molecule has 0 bridgehead atoms. The van der Waals surface area contributed by atoms with E-state index in [0.29, 0.717) is 36.0 Å². The van der Waals surface area contributed by atoms with Gasteiger partial charge in [0.25, 0.3) is 0 Å². The van der Waals surface area contributed by atoms with Gasteiger partial charge in [-0.3, -0.25) is 9.59 Å². The lowest BCUT2D eigenvalue weighted by molar-refractivity contribution is -0.138. The van der Waals surface area contributed by atoms with Crippen molar-refractivity contribution in [2.45, 2.75) is 51.8 Å². The molecular formula is C22H32N6O5. The van der Waals surface area contributed by atoms with Crippen LogP contribution >= 0.6 is 0 Å². The summed E-state index contributed by atoms with van der Waals surface area (Å²) in [4.78, 5) is 28.3. The largest absolute Gasteiger partial charge is 0.493 e. The van der Waals surface area contributed by atoms with Crippen molar-refractivity contribution in [2.75, 3.05) is 33.9 Å². The number of methoxy groups -OCH3 is 2. The number of aromatic nitrogens is 4. The molecule has 0 radical (unpaired) electrons. The lowest BCUT2D eigenvalue weighted by Gasteiger charge is -2.27. The van der Waals surface area contributed by atoms with Crippen LogP contribution in [0.2, 0.25) is 0 Å². The Kier molecular flexibility index (Phi) is 7.85. The predicted molar refractivity (Wildman–Crippen MR) is 120 cm³/mol. The number of benzene rings is 1. The highest BCUT2D eigenvalue weighted by atomic mass is 16.5. The van der Waals surface area contributed by atoms with Crippen molar-refractivity contribution < 1.29 is 23.8 Å². The Labute approximate surface area is 193 Å². The molecule has 1 aromatic carbocycles. The van der Waals surface area contributed by atoms with E-state index in [1.807, 2.05) is 20.8 Å². The maximum absolute atomic E-state index is 13.1. The number of hydrogen-bond donors (Lipinski definition) is 1. The third-order valence-corrected chi connectivity index (χ3v) is 5.02. The Hall–Kier alpha value is -3.21. The van der Waals surface area contributed by atoms with Crippen molar-refractivity contribution in [3.8, 4) is 22.9 Å². The summed E-state index contributed by atoms with van der Waals surface area (Å²) in [5.41, 5.74) is 0.282. The molecule has 2 heterocycles. The molecule has 3 rings (SSSR count). The number of ether oxygens (including phenoxy) is 3. The minimum absolute atomic E-state index is 0.0623. The first kappa shape index (κ1) is 24.4. The Bertz CT molecular complexity index is 964. The third kappa shape index (κ3) is 6.88. The van der Waals surface area contributed by atoms with Gasteiger partial charge in [0, 0.05) is 24.3 Å². The van der Waals surface area contributed by atoms with Crippen LogP contribution in [-0.4, -0.2) is 82.5 Å². The van der Waals surface area contributed by atoms with Crippen LogP contribution in [0, 0.1) is 0 Å². The summed E-state index contributed by atoms with van der Waals surface area (Å²) in [5, 5.41) is 15.3. The summed E-state index contributed by atoms with van der Waals surface area (Å²) in [7, 11) is 3.10. The van der Waals surface area contributed by atoms with Crippen molar-refractivity contribution >= 4 is 11.8 Å². The minimum Gasteiger partial charge on any atom is -0.493 e. The number of carbonyl (C=O) groups excluding carboxylic acids is 2. The lowest BCUT2D eigenvalue weighted by atomic mass is 10.1. The number of carbonyl (C=O) groups is 2. The summed E-state index contributed by atoms with van der Waals surface area (Å²) in [6.45, 7) is 6.49. The molecule has 1 N–H and O–H groups in total. The average molecular weight is 461 g/mol. The molecule has 1 fully saturated rings. The van der Waals surface area contributed by atoms with Gasteiger partial charge in [0.1, 0.15) is 6.54 Å². The van der Waals surface area contributed by atoms with Gasteiger partial charge >= 0.3 is 0 Å². The van der Waals surface area contributed by atoms with Gasteiger partial charge in [-0.15, -0.1) is 10.2 Å². The fraction of sp³-hybridized carbons (Fsp3) is 0.591. The quantitative estimate of drug-likeness (QED) is 0.594. The van der Waals surface area contributed by atoms with Gasteiger partial charge in [-0.2, -0.15) is 4.80 Å². The Morgan fingerprint density at radius 3 is 2.64 bits per heavy atom. The first-order valence-corrected chi connectivity index (χ1v) is 10.9. The van der Waals surface area contributed by atoms with E-state index < -0.39 is 5.54 Å². The molecule has 0 spiro atoms. The SMILES string of the molecule is COc1ccc(-c2nnn(CC(=O)N(CC(=O)NC(C)(C)C)C[C@@H]3CCCO3)n2)cc1OC. The summed E-state index contributed by atoms with van der Waals surface area (Å²) in [6.07, 6.45) is 1.72. The molecule has 0 unspecified atom stereocenters. The zero-order chi connectivity index (χ0) is 24.0. The Morgan fingerprint density at radius 1 is 1.24 bits per heavy atom. The Balaban J connectivity index is 1.71. The van der Waals surface area contributed by atoms with Gasteiger partial charge in [0.15, 0.2) is 11.5 Å². The van der Waals surface area contributed by atoms with E-state index in [2.05, 4.69) is 20.7 Å². The van der Waals surface area contributed by atoms with Gasteiger partial charge in [0.2, 0.25) is 17.6 Å². The fourth-order valence-electron chi connectivity index (χ4n) is 3.54. The highest BCUT2D eigenvalue weighted by molar-refractivity contribution is 5.85. The molecule has 1 aromatic heterocycles. The number of rotatable bonds is 9. The summed E-state index contributed by atoms with van der Waals surface area (Å²) < 4.78 is 16.2. The van der Waals surface area contributed by atoms with Gasteiger partial charge in [0.05, 0.1) is 26.9 Å². The molecule has 180 valence electrons. The second-order valence-electron chi connectivity index (χ2n) is 8.92. The van der Waals surface area contributed by atoms with Crippen LogP contribution in [0.4, 0.5) is 0 Å². The predicted octanol–water partition coefficient (Wildman–Crippen LogP) is 1.28. The van der Waals surface area contributed by atoms with Crippen molar-refractivity contribution in [2.24, 2.45) is 0 Å². The first-order valence-electron chi connectivity index (χ1n) is 10.9. The second kappa shape index (κ2) is 10.6. The highest BCUT2D eigenvalue weighted by Gasteiger charge is 2.26. The smallest absolute Gasteiger partial charge is 0.246 e. The van der Waals surface area contributed by atoms with Crippen LogP contribution in [-0.2, 0) is 20.9 Å². The molecule has 2 amide bonds. The lowest BCUT2D eigenvalue weighted by Crippen LogP contribution is -2.49. The molecule has 33 heavy (non-hydrogen) atoms. The zero-order valence-corrected chi connectivity index (χ0v) is 19.8. The molecule has 1 saturated heterocycles. The fourth-order valence-corrected chi connectivity index (χ4v) is 3.54. The van der Waals surface area contributed by atoms with E-state index >= 15 is 0 Å². The number of amides is 2. The van der Waals surface area contributed by atoms with Gasteiger partial charge in [-0.1, -0.05) is 0 Å². The molecule has 11 heteroatoms. The molecular weight excluding hydrogens is 428 g/mol. The summed E-state index contributed by atoms with van der Waals surface area (Å²) in [5.74, 6) is 0.953. The zero-order valence-electron chi connectivity index (χ0n) is 19.8. The van der Waals surface area contributed by atoms with Crippen molar-refractivity contribution in [1.82, 2.24) is 30.4 Å². The third-order valence-electron chi connectivity index (χ3n) is 5.02. The molecule has 2 aromatic rings. The van der Waals surface area contributed by atoms with Crippen LogP contribution in [0.15, 0.2) is 18.2 Å². The van der Waals surface area contributed by atoms with Gasteiger partial charge in [-0.05, 0) is 57.0 Å². The van der Waals surface area contributed by atoms with Crippen LogP contribution in [0.5, 0.6) is 11.5 Å². The number of tetrazole rings is 1. The summed E-state index contributed by atoms with van der Waals surface area (Å²) in [6, 6.07) is 5.27. The molecule has 0 aliphatic carbocycles. The van der Waals surface area contributed by atoms with Crippen LogP contribution in [0.1, 0.15) is 33.6 Å². The monoisotopic (exact) mass is 460 g/mol. The van der Waals surface area contributed by atoms with Gasteiger partial charge in [-0.25, -0.2) is 0 Å². The summed E-state index contributed by atoms with van der Waals surface area (Å²) >= 11 is 0. The molecule has 0 saturated carbocycles. The normalized spacial score (nSPS) is 15.8. The van der Waals surface area contributed by atoms with Crippen LogP contribution in [0.3, 0.4) is 0 Å². The Morgan fingerprint density at radius 2 is 2.00 bits per heavy atom. The molecule has 1 atom stereocenters.